The van der Waals surface area contributed by atoms with Gasteiger partial charge in [0.1, 0.15) is 15.5 Å². The number of nitrogens with one attached hydrogen (secondary N) is 3. The predicted octanol–water partition coefficient (Wildman–Crippen LogP) is 4.96. The van der Waals surface area contributed by atoms with Crippen LogP contribution in [0.4, 0.5) is 21.9 Å². The SMILES string of the molecule is Cc1nc(Oc2ccccc2)ccc1N1C(=O)Nc2c(C(=O)N[C@@H]3CCCNC3)sc3nccc1c23. The first kappa shape index (κ1) is 22.4. The minimum atomic E-state index is -0.358. The maximum absolute atomic E-state index is 13.4. The summed E-state index contributed by atoms with van der Waals surface area (Å²) in [5, 5.41) is 10.1. The molecular formula is C26H24N6O3S. The fraction of sp³-hybridized carbons (Fsp3) is 0.231. The van der Waals surface area contributed by atoms with Crippen LogP contribution in [0.3, 0.4) is 0 Å². The highest BCUT2D eigenvalue weighted by atomic mass is 32.1. The Bertz CT molecular complexity index is 1470. The number of pyridine rings is 2. The summed E-state index contributed by atoms with van der Waals surface area (Å²) in [6.45, 7) is 3.54. The molecule has 182 valence electrons. The summed E-state index contributed by atoms with van der Waals surface area (Å²) < 4.78 is 5.85. The Morgan fingerprint density at radius 2 is 2.03 bits per heavy atom. The molecule has 0 unspecified atom stereocenters. The number of rotatable bonds is 5. The zero-order chi connectivity index (χ0) is 24.6. The maximum Gasteiger partial charge on any atom is 0.331 e. The molecule has 5 heterocycles. The maximum atomic E-state index is 13.4. The highest BCUT2D eigenvalue weighted by Crippen LogP contribution is 2.46. The van der Waals surface area contributed by atoms with E-state index < -0.39 is 0 Å². The number of para-hydroxylation sites is 1. The summed E-state index contributed by atoms with van der Waals surface area (Å²) in [5.74, 6) is 0.926. The molecule has 2 aliphatic heterocycles. The topological polar surface area (TPSA) is 108 Å². The van der Waals surface area contributed by atoms with Gasteiger partial charge in [-0.25, -0.2) is 14.8 Å². The summed E-state index contributed by atoms with van der Waals surface area (Å²) >= 11 is 1.29. The Kier molecular flexibility index (Phi) is 5.74. The number of urea groups is 1. The minimum Gasteiger partial charge on any atom is -0.439 e. The van der Waals surface area contributed by atoms with Crippen LogP contribution >= 0.6 is 11.3 Å². The number of thiophene rings is 1. The molecule has 1 saturated heterocycles. The van der Waals surface area contributed by atoms with Crippen molar-refractivity contribution in [3.63, 3.8) is 0 Å². The summed E-state index contributed by atoms with van der Waals surface area (Å²) in [6, 6.07) is 14.5. The Hall–Kier alpha value is -4.02. The van der Waals surface area contributed by atoms with E-state index in [1.165, 1.54) is 11.3 Å². The summed E-state index contributed by atoms with van der Waals surface area (Å²) in [7, 11) is 0. The highest BCUT2D eigenvalue weighted by molar-refractivity contribution is 7.21. The van der Waals surface area contributed by atoms with Gasteiger partial charge < -0.3 is 20.7 Å². The van der Waals surface area contributed by atoms with E-state index >= 15 is 0 Å². The smallest absolute Gasteiger partial charge is 0.331 e. The van der Waals surface area contributed by atoms with Crippen LogP contribution in [0, 0.1) is 6.92 Å². The quantitative estimate of drug-likeness (QED) is 0.358. The zero-order valence-electron chi connectivity index (χ0n) is 19.6. The lowest BCUT2D eigenvalue weighted by atomic mass is 10.1. The number of amides is 3. The van der Waals surface area contributed by atoms with E-state index in [0.29, 0.717) is 44.1 Å². The third-order valence-electron chi connectivity index (χ3n) is 6.32. The van der Waals surface area contributed by atoms with Crippen LogP contribution in [0.25, 0.3) is 10.2 Å². The number of aryl methyl sites for hydroxylation is 1. The summed E-state index contributed by atoms with van der Waals surface area (Å²) in [6.07, 6.45) is 3.61. The van der Waals surface area contributed by atoms with Crippen molar-refractivity contribution in [2.24, 2.45) is 0 Å². The number of piperidine rings is 1. The van der Waals surface area contributed by atoms with Crippen LogP contribution in [0.15, 0.2) is 54.7 Å². The van der Waals surface area contributed by atoms with Gasteiger partial charge in [-0.3, -0.25) is 9.69 Å². The van der Waals surface area contributed by atoms with Crippen molar-refractivity contribution >= 4 is 50.6 Å². The Balaban J connectivity index is 1.34. The Morgan fingerprint density at radius 1 is 1.17 bits per heavy atom. The minimum absolute atomic E-state index is 0.0669. The second kappa shape index (κ2) is 9.21. The molecule has 0 spiro atoms. The van der Waals surface area contributed by atoms with E-state index in [9.17, 15) is 9.59 Å². The average Bonchev–Trinajstić information content (AvgIpc) is 3.26. The molecule has 1 fully saturated rings. The molecule has 2 aliphatic rings. The van der Waals surface area contributed by atoms with E-state index in [0.717, 1.165) is 31.3 Å². The molecule has 0 bridgehead atoms. The molecule has 36 heavy (non-hydrogen) atoms. The number of carbonyl (C=O) groups is 2. The van der Waals surface area contributed by atoms with Gasteiger partial charge in [0, 0.05) is 24.8 Å². The molecule has 1 aromatic carbocycles. The molecule has 10 heteroatoms. The largest absolute Gasteiger partial charge is 0.439 e. The number of benzene rings is 1. The number of carbonyl (C=O) groups excluding carboxylic acids is 2. The highest BCUT2D eigenvalue weighted by Gasteiger charge is 2.34. The lowest BCUT2D eigenvalue weighted by Crippen LogP contribution is -2.45. The van der Waals surface area contributed by atoms with E-state index in [1.807, 2.05) is 43.3 Å². The van der Waals surface area contributed by atoms with Gasteiger partial charge in [0.25, 0.3) is 5.91 Å². The van der Waals surface area contributed by atoms with Crippen molar-refractivity contribution in [2.45, 2.75) is 25.8 Å². The number of anilines is 3. The first-order valence-corrected chi connectivity index (χ1v) is 12.6. The van der Waals surface area contributed by atoms with Gasteiger partial charge in [0.05, 0.1) is 28.1 Å². The van der Waals surface area contributed by atoms with Crippen LogP contribution in [0.1, 0.15) is 28.2 Å². The van der Waals surface area contributed by atoms with Gasteiger partial charge in [0.15, 0.2) is 0 Å². The lowest BCUT2D eigenvalue weighted by molar-refractivity contribution is 0.0935. The third kappa shape index (κ3) is 4.04. The number of aromatic nitrogens is 2. The Morgan fingerprint density at radius 3 is 2.81 bits per heavy atom. The van der Waals surface area contributed by atoms with E-state index in [-0.39, 0.29) is 18.0 Å². The Labute approximate surface area is 211 Å². The van der Waals surface area contributed by atoms with E-state index in [4.69, 9.17) is 4.74 Å². The van der Waals surface area contributed by atoms with Crippen LogP contribution in [-0.2, 0) is 0 Å². The van der Waals surface area contributed by atoms with Crippen LogP contribution < -0.4 is 25.6 Å². The van der Waals surface area contributed by atoms with Gasteiger partial charge in [-0.15, -0.1) is 11.3 Å². The second-order valence-corrected chi connectivity index (χ2v) is 9.77. The lowest BCUT2D eigenvalue weighted by Gasteiger charge is -2.29. The predicted molar refractivity (Wildman–Crippen MR) is 140 cm³/mol. The third-order valence-corrected chi connectivity index (χ3v) is 7.42. The molecule has 3 N–H and O–H groups in total. The number of nitrogens with zero attached hydrogens (tertiary/aromatic N) is 3. The molecule has 4 aromatic rings. The van der Waals surface area contributed by atoms with Crippen LogP contribution in [0.2, 0.25) is 0 Å². The van der Waals surface area contributed by atoms with Crippen molar-refractivity contribution < 1.29 is 14.3 Å². The average molecular weight is 501 g/mol. The van der Waals surface area contributed by atoms with Crippen molar-refractivity contribution in [3.8, 4) is 11.6 Å². The fourth-order valence-corrected chi connectivity index (χ4v) is 5.66. The normalized spacial score (nSPS) is 17.1. The van der Waals surface area contributed by atoms with E-state index in [1.54, 1.807) is 23.2 Å². The number of ether oxygens (including phenoxy) is 1. The van der Waals surface area contributed by atoms with Gasteiger partial charge >= 0.3 is 6.03 Å². The number of hydrogen-bond acceptors (Lipinski definition) is 7. The van der Waals surface area contributed by atoms with Crippen LogP contribution in [-0.4, -0.2) is 41.0 Å². The van der Waals surface area contributed by atoms with Gasteiger partial charge in [-0.2, -0.15) is 0 Å². The molecule has 0 saturated carbocycles. The van der Waals surface area contributed by atoms with Crippen molar-refractivity contribution in [2.75, 3.05) is 23.3 Å². The zero-order valence-corrected chi connectivity index (χ0v) is 20.4. The first-order valence-electron chi connectivity index (χ1n) is 11.8. The number of hydrogen-bond donors (Lipinski definition) is 3. The monoisotopic (exact) mass is 500 g/mol. The molecule has 9 nitrogen and oxygen atoms in total. The van der Waals surface area contributed by atoms with Gasteiger partial charge in [-0.1, -0.05) is 18.2 Å². The van der Waals surface area contributed by atoms with Crippen molar-refractivity contribution in [3.05, 3.63) is 65.3 Å². The molecule has 1 atom stereocenters. The van der Waals surface area contributed by atoms with Gasteiger partial charge in [0.2, 0.25) is 5.88 Å². The second-order valence-electron chi connectivity index (χ2n) is 8.77. The molecule has 3 amide bonds. The van der Waals surface area contributed by atoms with Crippen molar-refractivity contribution in [1.82, 2.24) is 20.6 Å². The summed E-state index contributed by atoms with van der Waals surface area (Å²) in [4.78, 5) is 38.3. The fourth-order valence-electron chi connectivity index (χ4n) is 4.64. The van der Waals surface area contributed by atoms with Gasteiger partial charge in [-0.05, 0) is 50.6 Å². The van der Waals surface area contributed by atoms with Crippen LogP contribution in [0.5, 0.6) is 11.6 Å². The first-order chi connectivity index (χ1) is 17.6. The molecule has 3 aromatic heterocycles. The van der Waals surface area contributed by atoms with E-state index in [2.05, 4.69) is 25.9 Å². The standard InChI is InChI=1S/C26H24N6O3S/c1-15-18(9-10-20(29-15)35-17-7-3-2-4-8-17)32-19-11-13-28-25-21(19)22(31-26(32)34)23(36-25)24(33)30-16-6-5-12-27-14-16/h2-4,7-11,13,16,27H,5-6,12,14H2,1H3,(H,30,33)(H,31,34)/t16-/m1/s1. The van der Waals surface area contributed by atoms with Crippen molar-refractivity contribution in [1.29, 1.82) is 0 Å². The molecule has 0 aliphatic carbocycles. The molecule has 0 radical (unpaired) electrons. The molecule has 6 rings (SSSR count). The summed E-state index contributed by atoms with van der Waals surface area (Å²) in [5.41, 5.74) is 2.42. The molecular weight excluding hydrogens is 476 g/mol.